The van der Waals surface area contributed by atoms with Gasteiger partial charge < -0.3 is 24.2 Å². The van der Waals surface area contributed by atoms with E-state index in [4.69, 9.17) is 23.3 Å². The van der Waals surface area contributed by atoms with Crippen LogP contribution in [0.2, 0.25) is 0 Å². The predicted octanol–water partition coefficient (Wildman–Crippen LogP) is 14.2. The molecule has 0 fully saturated rings. The maximum Gasteiger partial charge on any atom is 0.472 e. The van der Waals surface area contributed by atoms with Gasteiger partial charge in [-0.25, -0.2) is 4.57 Å². The lowest BCUT2D eigenvalue weighted by Crippen LogP contribution is -2.30. The first-order chi connectivity index (χ1) is 31.2. The van der Waals surface area contributed by atoms with E-state index >= 15 is 0 Å². The molecular formula is C52H93O11P. The van der Waals surface area contributed by atoms with Crippen LogP contribution in [0.5, 0.6) is 0 Å². The Morgan fingerprint density at radius 1 is 0.453 bits per heavy atom. The van der Waals surface area contributed by atoms with Crippen molar-refractivity contribution in [3.8, 4) is 0 Å². The second kappa shape index (κ2) is 47.0. The van der Waals surface area contributed by atoms with Crippen LogP contribution in [0.4, 0.5) is 0 Å². The average Bonchev–Trinajstić information content (AvgIpc) is 3.28. The summed E-state index contributed by atoms with van der Waals surface area (Å²) < 4.78 is 39.2. The van der Waals surface area contributed by atoms with Gasteiger partial charge in [0.05, 0.1) is 19.8 Å². The first-order valence-electron chi connectivity index (χ1n) is 25.5. The molecule has 0 radical (unpaired) electrons. The monoisotopic (exact) mass is 925 g/mol. The zero-order valence-electron chi connectivity index (χ0n) is 40.7. The number of aliphatic hydroxyl groups is 1. The van der Waals surface area contributed by atoms with Gasteiger partial charge in [0.25, 0.3) is 0 Å². The highest BCUT2D eigenvalue weighted by molar-refractivity contribution is 7.47. The second-order valence-corrected chi connectivity index (χ2v) is 18.4. The maximum atomic E-state index is 12.8. The fourth-order valence-corrected chi connectivity index (χ4v) is 7.66. The lowest BCUT2D eigenvalue weighted by Gasteiger charge is -2.21. The summed E-state index contributed by atoms with van der Waals surface area (Å²) in [5.41, 5.74) is 0. The number of hydrogen-bond acceptors (Lipinski definition) is 10. The number of phosphoric acid groups is 1. The van der Waals surface area contributed by atoms with E-state index in [2.05, 4.69) is 69.4 Å². The Balaban J connectivity index is 4.80. The van der Waals surface area contributed by atoms with Crippen LogP contribution >= 0.6 is 7.82 Å². The molecule has 3 unspecified atom stereocenters. The summed E-state index contributed by atoms with van der Waals surface area (Å²) in [6, 6.07) is 0. The Hall–Kier alpha value is -2.56. The number of esters is 3. The SMILES string of the molecule is CC/C=C\C/C=C\C/C=C\C/C=C\CCCCC(=O)OC(COC(=O)CCCCCCCCCCCCC)COP(=O)(O)OCC(CO)OC(=O)CCCCCCCCCCCCC. The molecular weight excluding hydrogens is 832 g/mol. The Labute approximate surface area is 390 Å². The van der Waals surface area contributed by atoms with E-state index < -0.39 is 57.8 Å². The zero-order valence-corrected chi connectivity index (χ0v) is 41.6. The van der Waals surface area contributed by atoms with Crippen LogP contribution < -0.4 is 0 Å². The van der Waals surface area contributed by atoms with Crippen molar-refractivity contribution >= 4 is 25.7 Å². The molecule has 0 bridgehead atoms. The maximum absolute atomic E-state index is 12.8. The minimum absolute atomic E-state index is 0.118. The molecule has 0 aliphatic rings. The van der Waals surface area contributed by atoms with Crippen LogP contribution in [0, 0.1) is 0 Å². The standard InChI is InChI=1S/C52H93O11P/c1-4-7-10-13-16-19-22-23-24-25-28-31-34-37-40-43-52(56)63-49(45-59-50(54)41-38-35-32-29-26-20-17-14-11-8-5-2)47-61-64(57,58)60-46-48(44-53)62-51(55)42-39-36-33-30-27-21-18-15-12-9-6-3/h7,10,16,19,23-24,28,31,48-49,53H,4-6,8-9,11-15,17-18,20-22,25-27,29-30,32-47H2,1-3H3,(H,57,58)/b10-7-,19-16-,24-23-,31-28-. The summed E-state index contributed by atoms with van der Waals surface area (Å²) in [7, 11) is -4.74. The largest absolute Gasteiger partial charge is 0.472 e. The van der Waals surface area contributed by atoms with E-state index in [1.165, 1.54) is 89.9 Å². The topological polar surface area (TPSA) is 155 Å². The molecule has 2 N–H and O–H groups in total. The van der Waals surface area contributed by atoms with E-state index in [1.54, 1.807) is 0 Å². The van der Waals surface area contributed by atoms with Gasteiger partial charge in [0.2, 0.25) is 0 Å². The van der Waals surface area contributed by atoms with Gasteiger partial charge in [-0.1, -0.05) is 198 Å². The van der Waals surface area contributed by atoms with Crippen molar-refractivity contribution in [1.29, 1.82) is 0 Å². The number of phosphoric ester groups is 1. The van der Waals surface area contributed by atoms with Crippen LogP contribution in [0.1, 0.15) is 226 Å². The van der Waals surface area contributed by atoms with Gasteiger partial charge in [-0.3, -0.25) is 23.4 Å². The summed E-state index contributed by atoms with van der Waals surface area (Å²) >= 11 is 0. The number of carbonyl (C=O) groups is 3. The molecule has 0 aromatic rings. The quantitative estimate of drug-likeness (QED) is 0.0197. The molecule has 11 nitrogen and oxygen atoms in total. The van der Waals surface area contributed by atoms with Crippen LogP contribution in [0.15, 0.2) is 48.6 Å². The highest BCUT2D eigenvalue weighted by Gasteiger charge is 2.28. The molecule has 372 valence electrons. The van der Waals surface area contributed by atoms with E-state index in [1.807, 2.05) is 0 Å². The van der Waals surface area contributed by atoms with Gasteiger partial charge >= 0.3 is 25.7 Å². The Bertz CT molecular complexity index is 1260. The number of rotatable bonds is 47. The molecule has 0 saturated carbocycles. The summed E-state index contributed by atoms with van der Waals surface area (Å²) in [6.07, 6.45) is 46.6. The summed E-state index contributed by atoms with van der Waals surface area (Å²) in [5.74, 6) is -1.51. The fourth-order valence-electron chi connectivity index (χ4n) is 6.88. The lowest BCUT2D eigenvalue weighted by atomic mass is 10.1. The summed E-state index contributed by atoms with van der Waals surface area (Å²) in [5, 5.41) is 9.75. The number of hydrogen-bond donors (Lipinski definition) is 2. The number of carbonyl (C=O) groups excluding carboxylic acids is 3. The first kappa shape index (κ1) is 61.4. The molecule has 0 amide bonds. The number of ether oxygens (including phenoxy) is 3. The molecule has 0 aromatic carbocycles. The molecule has 64 heavy (non-hydrogen) atoms. The van der Waals surface area contributed by atoms with Crippen molar-refractivity contribution in [3.05, 3.63) is 48.6 Å². The number of unbranched alkanes of at least 4 members (excludes halogenated alkanes) is 22. The van der Waals surface area contributed by atoms with E-state index in [-0.39, 0.29) is 25.9 Å². The van der Waals surface area contributed by atoms with Gasteiger partial charge in [0, 0.05) is 19.3 Å². The molecule has 3 atom stereocenters. The molecule has 0 aliphatic heterocycles. The minimum atomic E-state index is -4.74. The molecule has 0 spiro atoms. The van der Waals surface area contributed by atoms with Crippen molar-refractivity contribution in [3.63, 3.8) is 0 Å². The predicted molar refractivity (Wildman–Crippen MR) is 261 cm³/mol. The van der Waals surface area contributed by atoms with Crippen LogP contribution in [0.25, 0.3) is 0 Å². The first-order valence-corrected chi connectivity index (χ1v) is 27.0. The summed E-state index contributed by atoms with van der Waals surface area (Å²) in [6.45, 7) is 4.46. The van der Waals surface area contributed by atoms with E-state index in [9.17, 15) is 28.9 Å². The van der Waals surface area contributed by atoms with Crippen molar-refractivity contribution in [2.75, 3.05) is 26.4 Å². The highest BCUT2D eigenvalue weighted by atomic mass is 31.2. The van der Waals surface area contributed by atoms with Gasteiger partial charge in [0.1, 0.15) is 12.7 Å². The smallest absolute Gasteiger partial charge is 0.462 e. The van der Waals surface area contributed by atoms with Crippen molar-refractivity contribution < 1.29 is 52.2 Å². The molecule has 0 rings (SSSR count). The highest BCUT2D eigenvalue weighted by Crippen LogP contribution is 2.43. The molecule has 0 aromatic heterocycles. The van der Waals surface area contributed by atoms with Gasteiger partial charge in [-0.05, 0) is 57.8 Å². The second-order valence-electron chi connectivity index (χ2n) is 17.0. The molecule has 0 heterocycles. The van der Waals surface area contributed by atoms with Crippen LogP contribution in [0.3, 0.4) is 0 Å². The summed E-state index contributed by atoms with van der Waals surface area (Å²) in [4.78, 5) is 48.2. The number of allylic oxidation sites excluding steroid dienone is 8. The third-order valence-electron chi connectivity index (χ3n) is 10.8. The van der Waals surface area contributed by atoms with Crippen LogP contribution in [-0.2, 0) is 42.2 Å². The van der Waals surface area contributed by atoms with Gasteiger partial charge in [-0.15, -0.1) is 0 Å². The van der Waals surface area contributed by atoms with Gasteiger partial charge in [-0.2, -0.15) is 0 Å². The average molecular weight is 925 g/mol. The molecule has 12 heteroatoms. The van der Waals surface area contributed by atoms with Crippen molar-refractivity contribution in [2.24, 2.45) is 0 Å². The fraction of sp³-hybridized carbons (Fsp3) is 0.788. The van der Waals surface area contributed by atoms with E-state index in [0.29, 0.717) is 19.3 Å². The third kappa shape index (κ3) is 44.6. The lowest BCUT2D eigenvalue weighted by molar-refractivity contribution is -0.161. The molecule has 0 saturated heterocycles. The minimum Gasteiger partial charge on any atom is -0.462 e. The number of aliphatic hydroxyl groups excluding tert-OH is 1. The molecule has 0 aliphatic carbocycles. The zero-order chi connectivity index (χ0) is 47.0. The van der Waals surface area contributed by atoms with Crippen molar-refractivity contribution in [1.82, 2.24) is 0 Å². The van der Waals surface area contributed by atoms with Crippen molar-refractivity contribution in [2.45, 2.75) is 238 Å². The van der Waals surface area contributed by atoms with Crippen LogP contribution in [-0.4, -0.2) is 66.5 Å². The Kier molecular flexibility index (Phi) is 45.1. The Morgan fingerprint density at radius 2 is 0.812 bits per heavy atom. The third-order valence-corrected chi connectivity index (χ3v) is 11.7. The normalized spacial score (nSPS) is 13.9. The van der Waals surface area contributed by atoms with Gasteiger partial charge in [0.15, 0.2) is 6.10 Å². The van der Waals surface area contributed by atoms with E-state index in [0.717, 1.165) is 77.0 Å². The Morgan fingerprint density at radius 3 is 1.25 bits per heavy atom.